The highest BCUT2D eigenvalue weighted by Gasteiger charge is 2.29. The molecule has 11 nitrogen and oxygen atoms in total. The molecule has 8 rings (SSSR count). The van der Waals surface area contributed by atoms with Gasteiger partial charge < -0.3 is 45.2 Å². The fraction of sp³-hybridized carbons (Fsp3) is 0.118. The number of aromatic amines is 3. The Hall–Kier alpha value is -6.10. The van der Waals surface area contributed by atoms with E-state index in [0.29, 0.717) is 82.6 Å². The van der Waals surface area contributed by atoms with Gasteiger partial charge in [0.25, 0.3) is 0 Å². The number of aromatic hydroxyl groups is 5. The average molecular weight is 603 g/mol. The minimum atomic E-state index is -0.412. The first-order chi connectivity index (χ1) is 21.6. The second-order valence-corrected chi connectivity index (χ2v) is 11.2. The molecule has 45 heavy (non-hydrogen) atoms. The molecule has 0 amide bonds. The summed E-state index contributed by atoms with van der Waals surface area (Å²) in [6.07, 6.45) is 1.69. The molecule has 224 valence electrons. The van der Waals surface area contributed by atoms with E-state index in [-0.39, 0.29) is 41.8 Å². The quantitative estimate of drug-likeness (QED) is 0.0822. The van der Waals surface area contributed by atoms with Crippen molar-refractivity contribution in [1.82, 2.24) is 19.9 Å². The van der Waals surface area contributed by atoms with Gasteiger partial charge in [-0.05, 0) is 49.7 Å². The topological polar surface area (TPSA) is 188 Å². The van der Waals surface area contributed by atoms with Crippen LogP contribution in [0, 0.1) is 6.92 Å². The molecule has 0 saturated carbocycles. The van der Waals surface area contributed by atoms with Crippen molar-refractivity contribution in [3.05, 3.63) is 59.9 Å². The summed E-state index contributed by atoms with van der Waals surface area (Å²) in [6, 6.07) is 11.1. The normalized spacial score (nSPS) is 12.0. The lowest BCUT2D eigenvalue weighted by molar-refractivity contribution is -0.142. The highest BCUT2D eigenvalue weighted by molar-refractivity contribution is 6.32. The standard InChI is InChI=1S/C34H26N4O7/c1-3-45-27(44)12-18-14(4-5-35-18)28-29-15-7-22(39)13(2)6-19(15)36-33(29)31-17-9-24(41)26(43)11-21(17)38-34(31)30-16-8-23(40)25(42)10-20(16)37-32(28)30/h4-11,35-36,38-43H,3,12H2,1-2H3. The number of carbonyl (C=O) groups is 1. The van der Waals surface area contributed by atoms with E-state index in [2.05, 4.69) is 15.0 Å². The number of nitrogens with zero attached hydrogens (tertiary/aromatic N) is 1. The molecule has 0 saturated heterocycles. The molecule has 4 heterocycles. The van der Waals surface area contributed by atoms with E-state index in [1.807, 2.05) is 12.1 Å². The minimum Gasteiger partial charge on any atom is -0.508 e. The third-order valence-corrected chi connectivity index (χ3v) is 8.56. The van der Waals surface area contributed by atoms with Gasteiger partial charge in [0.2, 0.25) is 0 Å². The monoisotopic (exact) mass is 602 g/mol. The summed E-state index contributed by atoms with van der Waals surface area (Å²) in [5, 5.41) is 56.0. The van der Waals surface area contributed by atoms with E-state index in [4.69, 9.17) is 9.72 Å². The molecule has 2 aliphatic rings. The summed E-state index contributed by atoms with van der Waals surface area (Å²) < 4.78 is 5.26. The van der Waals surface area contributed by atoms with Crippen molar-refractivity contribution >= 4 is 60.5 Å². The number of nitrogens with one attached hydrogen (secondary N) is 3. The number of esters is 1. The van der Waals surface area contributed by atoms with Crippen LogP contribution < -0.4 is 0 Å². The first-order valence-electron chi connectivity index (χ1n) is 14.3. The van der Waals surface area contributed by atoms with E-state index in [9.17, 15) is 30.3 Å². The number of hydrogen-bond donors (Lipinski definition) is 8. The molecule has 0 bridgehead atoms. The Labute approximate surface area is 253 Å². The minimum absolute atomic E-state index is 0.0414. The van der Waals surface area contributed by atoms with Crippen molar-refractivity contribution < 1.29 is 35.1 Å². The van der Waals surface area contributed by atoms with Gasteiger partial charge in [0, 0.05) is 73.2 Å². The Kier molecular flexibility index (Phi) is 5.42. The Balaban J connectivity index is 1.68. The number of hydrogen-bond acceptors (Lipinski definition) is 8. The molecule has 0 atom stereocenters. The maximum Gasteiger partial charge on any atom is 0.311 e. The van der Waals surface area contributed by atoms with Crippen LogP contribution in [0.3, 0.4) is 0 Å². The molecule has 6 aromatic rings. The smallest absolute Gasteiger partial charge is 0.311 e. The number of benzene rings is 3. The van der Waals surface area contributed by atoms with Crippen LogP contribution in [0.1, 0.15) is 18.2 Å². The molecule has 0 radical (unpaired) electrons. The molecule has 0 unspecified atom stereocenters. The fourth-order valence-corrected chi connectivity index (χ4v) is 6.57. The number of phenols is 5. The van der Waals surface area contributed by atoms with Crippen molar-refractivity contribution in [2.75, 3.05) is 6.61 Å². The van der Waals surface area contributed by atoms with E-state index in [1.54, 1.807) is 26.1 Å². The molecular formula is C34H26N4O7. The number of aryl methyl sites for hydroxylation is 1. The molecule has 3 aromatic carbocycles. The van der Waals surface area contributed by atoms with Crippen LogP contribution in [-0.2, 0) is 16.0 Å². The number of fused-ring (bicyclic) bond motifs is 11. The van der Waals surface area contributed by atoms with Crippen molar-refractivity contribution in [3.63, 3.8) is 0 Å². The van der Waals surface area contributed by atoms with Gasteiger partial charge in [0.05, 0.1) is 40.8 Å². The van der Waals surface area contributed by atoms with Gasteiger partial charge in [-0.25, -0.2) is 4.98 Å². The first-order valence-corrected chi connectivity index (χ1v) is 14.3. The fourth-order valence-electron chi connectivity index (χ4n) is 6.57. The maximum atomic E-state index is 12.7. The average Bonchev–Trinajstić information content (AvgIpc) is 3.74. The number of ether oxygens (including phenoxy) is 1. The summed E-state index contributed by atoms with van der Waals surface area (Å²) in [6.45, 7) is 3.77. The molecule has 1 aliphatic heterocycles. The van der Waals surface area contributed by atoms with Gasteiger partial charge in [0.1, 0.15) is 5.75 Å². The Bertz CT molecular complexity index is 2520. The third kappa shape index (κ3) is 3.70. The molecule has 8 N–H and O–H groups in total. The summed E-state index contributed by atoms with van der Waals surface area (Å²) in [5.74, 6) is -1.59. The van der Waals surface area contributed by atoms with Crippen molar-refractivity contribution in [2.24, 2.45) is 0 Å². The first kappa shape index (κ1) is 26.5. The molecule has 11 heteroatoms. The molecule has 1 aliphatic carbocycles. The molecule has 0 spiro atoms. The molecule has 0 fully saturated rings. The van der Waals surface area contributed by atoms with E-state index >= 15 is 0 Å². The van der Waals surface area contributed by atoms with Gasteiger partial charge in [-0.2, -0.15) is 0 Å². The lowest BCUT2D eigenvalue weighted by Crippen LogP contribution is -2.08. The van der Waals surface area contributed by atoms with Crippen LogP contribution in [0.25, 0.3) is 76.9 Å². The number of H-pyrrole nitrogens is 3. The van der Waals surface area contributed by atoms with Crippen molar-refractivity contribution in [3.8, 4) is 51.1 Å². The highest BCUT2D eigenvalue weighted by Crippen LogP contribution is 2.52. The summed E-state index contributed by atoms with van der Waals surface area (Å²) in [4.78, 5) is 27.8. The number of carbonyl (C=O) groups excluding carboxylic acids is 1. The SMILES string of the molecule is CCOC(=O)Cc1[nH]ccc1-c1c2nc3cc(O)c(O)cc3c-2c2[nH]c3cc(O)c(O)cc3c2c2[nH]c3cc(C)c(O)cc3c12. The Morgan fingerprint density at radius 1 is 0.778 bits per heavy atom. The van der Waals surface area contributed by atoms with Crippen LogP contribution >= 0.6 is 0 Å². The molecule has 3 aromatic heterocycles. The van der Waals surface area contributed by atoms with Gasteiger partial charge in [-0.1, -0.05) is 0 Å². The second kappa shape index (κ2) is 9.20. The zero-order chi connectivity index (χ0) is 31.3. The zero-order valence-corrected chi connectivity index (χ0v) is 24.0. The van der Waals surface area contributed by atoms with Gasteiger partial charge in [-0.3, -0.25) is 4.79 Å². The summed E-state index contributed by atoms with van der Waals surface area (Å²) >= 11 is 0. The lowest BCUT2D eigenvalue weighted by Gasteiger charge is -2.09. The summed E-state index contributed by atoms with van der Waals surface area (Å²) in [5.41, 5.74) is 6.54. The van der Waals surface area contributed by atoms with Crippen LogP contribution in [0.4, 0.5) is 0 Å². The lowest BCUT2D eigenvalue weighted by atomic mass is 9.96. The van der Waals surface area contributed by atoms with Gasteiger partial charge in [0.15, 0.2) is 23.0 Å². The number of rotatable bonds is 4. The third-order valence-electron chi connectivity index (χ3n) is 8.56. The van der Waals surface area contributed by atoms with Crippen LogP contribution in [0.2, 0.25) is 0 Å². The number of aromatic nitrogens is 4. The zero-order valence-electron chi connectivity index (χ0n) is 24.0. The Morgan fingerprint density at radius 2 is 1.42 bits per heavy atom. The largest absolute Gasteiger partial charge is 0.508 e. The van der Waals surface area contributed by atoms with E-state index in [0.717, 1.165) is 5.52 Å². The Morgan fingerprint density at radius 3 is 2.20 bits per heavy atom. The predicted molar refractivity (Wildman–Crippen MR) is 170 cm³/mol. The summed E-state index contributed by atoms with van der Waals surface area (Å²) in [7, 11) is 0. The van der Waals surface area contributed by atoms with Crippen LogP contribution in [0.5, 0.6) is 28.7 Å². The van der Waals surface area contributed by atoms with E-state index < -0.39 is 5.97 Å². The van der Waals surface area contributed by atoms with Gasteiger partial charge >= 0.3 is 5.97 Å². The number of phenolic OH excluding ortho intramolecular Hbond substituents is 5. The van der Waals surface area contributed by atoms with E-state index in [1.165, 1.54) is 24.3 Å². The molecular weight excluding hydrogens is 576 g/mol. The van der Waals surface area contributed by atoms with Crippen molar-refractivity contribution in [1.29, 1.82) is 0 Å². The van der Waals surface area contributed by atoms with Crippen LogP contribution in [0.15, 0.2) is 48.7 Å². The predicted octanol–water partition coefficient (Wildman–Crippen LogP) is 6.55. The van der Waals surface area contributed by atoms with Gasteiger partial charge in [-0.15, -0.1) is 0 Å². The maximum absolute atomic E-state index is 12.7. The van der Waals surface area contributed by atoms with Crippen LogP contribution in [-0.4, -0.2) is 58.0 Å². The highest BCUT2D eigenvalue weighted by atomic mass is 16.5. The van der Waals surface area contributed by atoms with Crippen molar-refractivity contribution in [2.45, 2.75) is 20.3 Å². The second-order valence-electron chi connectivity index (χ2n) is 11.2.